The quantitative estimate of drug-likeness (QED) is 0.888. The molecule has 1 aromatic heterocycles. The first-order valence-electron chi connectivity index (χ1n) is 7.38. The summed E-state index contributed by atoms with van der Waals surface area (Å²) in [4.78, 5) is 17.8. The highest BCUT2D eigenvalue weighted by Gasteiger charge is 2.44. The number of halogens is 3. The summed E-state index contributed by atoms with van der Waals surface area (Å²) >= 11 is 1.44. The molecule has 0 saturated carbocycles. The third-order valence-corrected chi connectivity index (χ3v) is 4.83. The number of nitrogens with zero attached hydrogens (tertiary/aromatic N) is 2. The molecule has 1 atom stereocenters. The van der Waals surface area contributed by atoms with E-state index in [4.69, 9.17) is 0 Å². The average molecular weight is 348 g/mol. The number of likely N-dealkylation sites (tertiary alicyclic amines) is 1. The minimum Gasteiger partial charge on any atom is -0.383 e. The number of hydrogen-bond acceptors (Lipinski definition) is 4. The number of aromatic nitrogens is 1. The Labute approximate surface area is 137 Å². The molecule has 4 nitrogen and oxygen atoms in total. The molecule has 0 spiro atoms. The second-order valence-corrected chi connectivity index (χ2v) is 6.50. The Morgan fingerprint density at radius 2 is 2.09 bits per heavy atom. The summed E-state index contributed by atoms with van der Waals surface area (Å²) in [5.41, 5.74) is 0.886. The van der Waals surface area contributed by atoms with Crippen LogP contribution in [0.2, 0.25) is 0 Å². The maximum Gasteiger partial charge on any atom is 0.414 e. The van der Waals surface area contributed by atoms with Crippen molar-refractivity contribution < 1.29 is 23.1 Å². The molecule has 1 aromatic rings. The van der Waals surface area contributed by atoms with Crippen LogP contribution in [0.5, 0.6) is 0 Å². The SMILES string of the molecule is O=C(CSCc1ccccn1)N1CCC(C(O)C(F)(F)F)CC1. The van der Waals surface area contributed by atoms with Crippen LogP contribution in [0.4, 0.5) is 13.2 Å². The molecule has 1 N–H and O–H groups in total. The largest absolute Gasteiger partial charge is 0.414 e. The Kier molecular flexibility index (Phi) is 6.29. The van der Waals surface area contributed by atoms with Gasteiger partial charge in [-0.1, -0.05) is 6.07 Å². The molecule has 23 heavy (non-hydrogen) atoms. The number of pyridine rings is 1. The lowest BCUT2D eigenvalue weighted by Crippen LogP contribution is -2.45. The second kappa shape index (κ2) is 8.01. The fraction of sp³-hybridized carbons (Fsp3) is 0.600. The van der Waals surface area contributed by atoms with E-state index in [2.05, 4.69) is 4.98 Å². The highest BCUT2D eigenvalue weighted by molar-refractivity contribution is 7.99. The number of aliphatic hydroxyl groups is 1. The topological polar surface area (TPSA) is 53.4 Å². The molecule has 0 bridgehead atoms. The monoisotopic (exact) mass is 348 g/mol. The third-order valence-electron chi connectivity index (χ3n) is 3.88. The van der Waals surface area contributed by atoms with Crippen molar-refractivity contribution in [3.8, 4) is 0 Å². The van der Waals surface area contributed by atoms with Crippen molar-refractivity contribution in [2.45, 2.75) is 30.9 Å². The van der Waals surface area contributed by atoms with Gasteiger partial charge in [0, 0.05) is 25.0 Å². The van der Waals surface area contributed by atoms with E-state index in [1.54, 1.807) is 11.1 Å². The predicted molar refractivity (Wildman–Crippen MR) is 81.8 cm³/mol. The zero-order valence-corrected chi connectivity index (χ0v) is 13.3. The minimum absolute atomic E-state index is 0.0779. The summed E-state index contributed by atoms with van der Waals surface area (Å²) in [5.74, 6) is 0.00456. The van der Waals surface area contributed by atoms with E-state index in [9.17, 15) is 23.1 Å². The maximum atomic E-state index is 12.5. The highest BCUT2D eigenvalue weighted by atomic mass is 32.2. The van der Waals surface area contributed by atoms with Crippen molar-refractivity contribution in [1.29, 1.82) is 0 Å². The summed E-state index contributed by atoms with van der Waals surface area (Å²) in [5, 5.41) is 9.26. The van der Waals surface area contributed by atoms with Gasteiger partial charge in [0.2, 0.25) is 5.91 Å². The number of carbonyl (C=O) groups excluding carboxylic acids is 1. The third kappa shape index (κ3) is 5.39. The van der Waals surface area contributed by atoms with Crippen molar-refractivity contribution in [2.75, 3.05) is 18.8 Å². The molecule has 1 fully saturated rings. The lowest BCUT2D eigenvalue weighted by molar-refractivity contribution is -0.222. The highest BCUT2D eigenvalue weighted by Crippen LogP contribution is 2.31. The first-order chi connectivity index (χ1) is 10.9. The van der Waals surface area contributed by atoms with Crippen molar-refractivity contribution >= 4 is 17.7 Å². The zero-order valence-electron chi connectivity index (χ0n) is 12.5. The van der Waals surface area contributed by atoms with Crippen LogP contribution in [0.25, 0.3) is 0 Å². The van der Waals surface area contributed by atoms with Gasteiger partial charge in [0.1, 0.15) is 0 Å². The molecule has 0 aliphatic carbocycles. The summed E-state index contributed by atoms with van der Waals surface area (Å²) in [6.07, 6.45) is -4.84. The molecule has 1 saturated heterocycles. The van der Waals surface area contributed by atoms with Gasteiger partial charge in [-0.25, -0.2) is 0 Å². The standard InChI is InChI=1S/C15H19F3N2O2S/c16-15(17,18)14(22)11-4-7-20(8-5-11)13(21)10-23-9-12-3-1-2-6-19-12/h1-3,6,11,14,22H,4-5,7-10H2. The Morgan fingerprint density at radius 1 is 1.39 bits per heavy atom. The van der Waals surface area contributed by atoms with Crippen molar-refractivity contribution in [3.05, 3.63) is 30.1 Å². The molecule has 1 amide bonds. The van der Waals surface area contributed by atoms with Gasteiger partial charge in [-0.05, 0) is 30.9 Å². The van der Waals surface area contributed by atoms with E-state index >= 15 is 0 Å². The molecule has 2 rings (SSSR count). The van der Waals surface area contributed by atoms with E-state index in [1.807, 2.05) is 18.2 Å². The molecule has 0 aromatic carbocycles. The van der Waals surface area contributed by atoms with Crippen LogP contribution in [0.1, 0.15) is 18.5 Å². The van der Waals surface area contributed by atoms with Gasteiger partial charge in [-0.2, -0.15) is 13.2 Å². The fourth-order valence-electron chi connectivity index (χ4n) is 2.55. The summed E-state index contributed by atoms with van der Waals surface area (Å²) < 4.78 is 37.4. The van der Waals surface area contributed by atoms with Crippen molar-refractivity contribution in [3.63, 3.8) is 0 Å². The lowest BCUT2D eigenvalue weighted by atomic mass is 9.91. The van der Waals surface area contributed by atoms with Crippen molar-refractivity contribution in [1.82, 2.24) is 9.88 Å². The molecule has 2 heterocycles. The molecule has 1 aliphatic heterocycles. The minimum atomic E-state index is -4.59. The average Bonchev–Trinajstić information content (AvgIpc) is 2.54. The van der Waals surface area contributed by atoms with Crippen LogP contribution in [0.15, 0.2) is 24.4 Å². The maximum absolute atomic E-state index is 12.5. The molecule has 128 valence electrons. The van der Waals surface area contributed by atoms with Crippen LogP contribution in [0.3, 0.4) is 0 Å². The Bertz CT molecular complexity index is 505. The van der Waals surface area contributed by atoms with E-state index in [0.717, 1.165) is 5.69 Å². The number of alkyl halides is 3. The van der Waals surface area contributed by atoms with Gasteiger partial charge in [0.25, 0.3) is 0 Å². The molecule has 0 radical (unpaired) electrons. The van der Waals surface area contributed by atoms with Crippen LogP contribution >= 0.6 is 11.8 Å². The van der Waals surface area contributed by atoms with Crippen LogP contribution < -0.4 is 0 Å². The van der Waals surface area contributed by atoms with Crippen LogP contribution in [-0.4, -0.2) is 52.0 Å². The van der Waals surface area contributed by atoms with Crippen LogP contribution in [0, 0.1) is 5.92 Å². The molecule has 1 unspecified atom stereocenters. The van der Waals surface area contributed by atoms with Gasteiger partial charge >= 0.3 is 6.18 Å². The summed E-state index contributed by atoms with van der Waals surface area (Å²) in [6, 6.07) is 5.57. The van der Waals surface area contributed by atoms with E-state index < -0.39 is 18.2 Å². The summed E-state index contributed by atoms with van der Waals surface area (Å²) in [7, 11) is 0. The van der Waals surface area contributed by atoms with Crippen molar-refractivity contribution in [2.24, 2.45) is 5.92 Å². The molecule has 1 aliphatic rings. The van der Waals surface area contributed by atoms with Gasteiger partial charge in [0.15, 0.2) is 6.10 Å². The summed E-state index contributed by atoms with van der Waals surface area (Å²) in [6.45, 7) is 0.529. The fourth-order valence-corrected chi connectivity index (χ4v) is 3.39. The number of rotatable bonds is 5. The number of hydrogen-bond donors (Lipinski definition) is 1. The molecular weight excluding hydrogens is 329 g/mol. The van der Waals surface area contributed by atoms with E-state index in [1.165, 1.54) is 11.8 Å². The van der Waals surface area contributed by atoms with E-state index in [0.29, 0.717) is 5.75 Å². The van der Waals surface area contributed by atoms with Gasteiger partial charge < -0.3 is 10.0 Å². The number of carbonyl (C=O) groups is 1. The second-order valence-electron chi connectivity index (χ2n) is 5.52. The smallest absolute Gasteiger partial charge is 0.383 e. The van der Waals surface area contributed by atoms with Gasteiger partial charge in [-0.3, -0.25) is 9.78 Å². The Morgan fingerprint density at radius 3 is 2.65 bits per heavy atom. The Balaban J connectivity index is 1.71. The van der Waals surface area contributed by atoms with Gasteiger partial charge in [0.05, 0.1) is 11.4 Å². The first kappa shape index (κ1) is 18.1. The van der Waals surface area contributed by atoms with Gasteiger partial charge in [-0.15, -0.1) is 11.8 Å². The molecule has 8 heteroatoms. The zero-order chi connectivity index (χ0) is 16.9. The number of thioether (sulfide) groups is 1. The normalized spacial score (nSPS) is 18.0. The lowest BCUT2D eigenvalue weighted by Gasteiger charge is -2.34. The first-order valence-corrected chi connectivity index (χ1v) is 8.53. The number of amides is 1. The predicted octanol–water partition coefficient (Wildman–Crippen LogP) is 2.48. The van der Waals surface area contributed by atoms with Crippen LogP contribution in [-0.2, 0) is 10.5 Å². The van der Waals surface area contributed by atoms with E-state index in [-0.39, 0.29) is 37.6 Å². The molecular formula is C15H19F3N2O2S. The Hall–Kier alpha value is -1.28. The number of aliphatic hydroxyl groups excluding tert-OH is 1. The number of piperidine rings is 1.